The van der Waals surface area contributed by atoms with Gasteiger partial charge in [-0.05, 0) is 25.3 Å². The van der Waals surface area contributed by atoms with Crippen LogP contribution in [0.2, 0.25) is 0 Å². The number of benzene rings is 1. The summed E-state index contributed by atoms with van der Waals surface area (Å²) in [5.74, 6) is 0.549. The smallest absolute Gasteiger partial charge is 0.112 e. The van der Waals surface area contributed by atoms with Gasteiger partial charge in [0.2, 0.25) is 0 Å². The summed E-state index contributed by atoms with van der Waals surface area (Å²) in [6, 6.07) is 8.45. The summed E-state index contributed by atoms with van der Waals surface area (Å²) in [6.45, 7) is 2.80. The quantitative estimate of drug-likeness (QED) is 0.893. The molecule has 1 heterocycles. The number of aromatic nitrogens is 3. The molecule has 0 saturated heterocycles. The van der Waals surface area contributed by atoms with E-state index in [1.165, 1.54) is 24.0 Å². The highest BCUT2D eigenvalue weighted by Crippen LogP contribution is 2.41. The zero-order chi connectivity index (χ0) is 12.5. The van der Waals surface area contributed by atoms with E-state index in [4.69, 9.17) is 0 Å². The first kappa shape index (κ1) is 11.4. The highest BCUT2D eigenvalue weighted by atomic mass is 16.3. The average Bonchev–Trinajstić information content (AvgIpc) is 3.14. The van der Waals surface area contributed by atoms with Crippen molar-refractivity contribution >= 4 is 0 Å². The summed E-state index contributed by atoms with van der Waals surface area (Å²) in [7, 11) is 0. The highest BCUT2D eigenvalue weighted by molar-refractivity contribution is 5.24. The van der Waals surface area contributed by atoms with Gasteiger partial charge < -0.3 is 5.11 Å². The molecule has 94 valence electrons. The molecule has 0 radical (unpaired) electrons. The van der Waals surface area contributed by atoms with E-state index in [2.05, 4.69) is 41.5 Å². The Kier molecular flexibility index (Phi) is 2.88. The van der Waals surface area contributed by atoms with E-state index in [0.29, 0.717) is 5.92 Å². The molecule has 1 aliphatic rings. The van der Waals surface area contributed by atoms with Gasteiger partial charge >= 0.3 is 0 Å². The Bertz CT molecular complexity index is 541. The molecule has 0 amide bonds. The van der Waals surface area contributed by atoms with Crippen molar-refractivity contribution in [3.63, 3.8) is 0 Å². The lowest BCUT2D eigenvalue weighted by Gasteiger charge is -2.07. The molecule has 1 saturated carbocycles. The minimum absolute atomic E-state index is 0.0142. The first-order chi connectivity index (χ1) is 8.78. The minimum Gasteiger partial charge on any atom is -0.390 e. The molecule has 0 aliphatic heterocycles. The van der Waals surface area contributed by atoms with Gasteiger partial charge in [0.05, 0.1) is 18.8 Å². The maximum atomic E-state index is 9.30. The Morgan fingerprint density at radius 3 is 2.61 bits per heavy atom. The minimum atomic E-state index is -0.0142. The zero-order valence-corrected chi connectivity index (χ0v) is 10.5. The second-order valence-electron chi connectivity index (χ2n) is 5.00. The summed E-state index contributed by atoms with van der Waals surface area (Å²) in [5.41, 5.74) is 4.34. The molecule has 0 bridgehead atoms. The number of aryl methyl sites for hydroxylation is 1. The Morgan fingerprint density at radius 1 is 1.28 bits per heavy atom. The SMILES string of the molecule is Cc1ccc(Cn2nnc(CO)c2C2CC2)cc1. The number of nitrogens with zero attached hydrogens (tertiary/aromatic N) is 3. The molecular weight excluding hydrogens is 226 g/mol. The van der Waals surface area contributed by atoms with Crippen molar-refractivity contribution < 1.29 is 5.11 Å². The van der Waals surface area contributed by atoms with Crippen LogP contribution in [0.15, 0.2) is 24.3 Å². The van der Waals surface area contributed by atoms with Crippen molar-refractivity contribution in [3.8, 4) is 0 Å². The van der Waals surface area contributed by atoms with Gasteiger partial charge in [-0.1, -0.05) is 35.0 Å². The normalized spacial score (nSPS) is 15.0. The van der Waals surface area contributed by atoms with Crippen molar-refractivity contribution in [2.75, 3.05) is 0 Å². The number of rotatable bonds is 4. The maximum absolute atomic E-state index is 9.30. The van der Waals surface area contributed by atoms with E-state index >= 15 is 0 Å². The molecule has 2 aromatic rings. The summed E-state index contributed by atoms with van der Waals surface area (Å²) in [5, 5.41) is 17.5. The predicted molar refractivity (Wildman–Crippen MR) is 68.2 cm³/mol. The van der Waals surface area contributed by atoms with Gasteiger partial charge in [-0.3, -0.25) is 0 Å². The summed E-state index contributed by atoms with van der Waals surface area (Å²) in [6.07, 6.45) is 2.38. The van der Waals surface area contributed by atoms with Crippen LogP contribution in [-0.2, 0) is 13.2 Å². The zero-order valence-electron chi connectivity index (χ0n) is 10.5. The molecule has 18 heavy (non-hydrogen) atoms. The summed E-state index contributed by atoms with van der Waals surface area (Å²) >= 11 is 0. The van der Waals surface area contributed by atoms with E-state index in [1.54, 1.807) is 0 Å². The molecule has 1 aliphatic carbocycles. The second-order valence-corrected chi connectivity index (χ2v) is 5.00. The van der Waals surface area contributed by atoms with Crippen LogP contribution < -0.4 is 0 Å². The molecular formula is C14H17N3O. The fraction of sp³-hybridized carbons (Fsp3) is 0.429. The van der Waals surface area contributed by atoms with Crippen LogP contribution in [0.3, 0.4) is 0 Å². The molecule has 0 unspecified atom stereocenters. The second kappa shape index (κ2) is 4.53. The van der Waals surface area contributed by atoms with Gasteiger partial charge in [0.15, 0.2) is 0 Å². The van der Waals surface area contributed by atoms with Crippen LogP contribution >= 0.6 is 0 Å². The van der Waals surface area contributed by atoms with Crippen LogP contribution in [0.5, 0.6) is 0 Å². The molecule has 1 aromatic heterocycles. The van der Waals surface area contributed by atoms with Crippen LogP contribution in [0.4, 0.5) is 0 Å². The first-order valence-corrected chi connectivity index (χ1v) is 6.36. The Balaban J connectivity index is 1.88. The molecule has 4 heteroatoms. The van der Waals surface area contributed by atoms with Crippen molar-refractivity contribution in [2.24, 2.45) is 0 Å². The number of aliphatic hydroxyl groups excluding tert-OH is 1. The third kappa shape index (κ3) is 2.16. The third-order valence-corrected chi connectivity index (χ3v) is 3.41. The van der Waals surface area contributed by atoms with E-state index in [-0.39, 0.29) is 6.61 Å². The Hall–Kier alpha value is -1.68. The lowest BCUT2D eigenvalue weighted by molar-refractivity contribution is 0.275. The molecule has 0 spiro atoms. The summed E-state index contributed by atoms with van der Waals surface area (Å²) < 4.78 is 1.94. The van der Waals surface area contributed by atoms with Gasteiger partial charge in [0.1, 0.15) is 5.69 Å². The Morgan fingerprint density at radius 2 is 2.00 bits per heavy atom. The number of aliphatic hydroxyl groups is 1. The lowest BCUT2D eigenvalue weighted by atomic mass is 10.1. The molecule has 0 atom stereocenters. The van der Waals surface area contributed by atoms with Crippen LogP contribution in [0.1, 0.15) is 41.3 Å². The fourth-order valence-corrected chi connectivity index (χ4v) is 2.26. The molecule has 1 fully saturated rings. The maximum Gasteiger partial charge on any atom is 0.112 e. The largest absolute Gasteiger partial charge is 0.390 e. The number of hydrogen-bond acceptors (Lipinski definition) is 3. The third-order valence-electron chi connectivity index (χ3n) is 3.41. The molecule has 4 nitrogen and oxygen atoms in total. The van der Waals surface area contributed by atoms with E-state index in [9.17, 15) is 5.11 Å². The van der Waals surface area contributed by atoms with Gasteiger partial charge in [0, 0.05) is 5.92 Å². The molecule has 3 rings (SSSR count). The lowest BCUT2D eigenvalue weighted by Crippen LogP contribution is -2.06. The predicted octanol–water partition coefficient (Wildman–Crippen LogP) is 2.00. The van der Waals surface area contributed by atoms with Gasteiger partial charge in [0.25, 0.3) is 0 Å². The van der Waals surface area contributed by atoms with E-state index in [1.807, 2.05) is 4.68 Å². The van der Waals surface area contributed by atoms with Crippen molar-refractivity contribution in [3.05, 3.63) is 46.8 Å². The Labute approximate surface area is 106 Å². The van der Waals surface area contributed by atoms with Crippen LogP contribution in [-0.4, -0.2) is 20.1 Å². The van der Waals surface area contributed by atoms with Gasteiger partial charge in [-0.25, -0.2) is 4.68 Å². The van der Waals surface area contributed by atoms with Crippen molar-refractivity contribution in [2.45, 2.75) is 38.8 Å². The first-order valence-electron chi connectivity index (χ1n) is 6.36. The molecule has 1 aromatic carbocycles. The monoisotopic (exact) mass is 243 g/mol. The fourth-order valence-electron chi connectivity index (χ4n) is 2.26. The van der Waals surface area contributed by atoms with Crippen LogP contribution in [0, 0.1) is 6.92 Å². The average molecular weight is 243 g/mol. The molecule has 1 N–H and O–H groups in total. The van der Waals surface area contributed by atoms with E-state index in [0.717, 1.165) is 17.9 Å². The van der Waals surface area contributed by atoms with Gasteiger partial charge in [-0.2, -0.15) is 0 Å². The van der Waals surface area contributed by atoms with Crippen molar-refractivity contribution in [1.82, 2.24) is 15.0 Å². The van der Waals surface area contributed by atoms with Gasteiger partial charge in [-0.15, -0.1) is 5.10 Å². The number of hydrogen-bond donors (Lipinski definition) is 1. The van der Waals surface area contributed by atoms with Crippen LogP contribution in [0.25, 0.3) is 0 Å². The highest BCUT2D eigenvalue weighted by Gasteiger charge is 2.30. The summed E-state index contributed by atoms with van der Waals surface area (Å²) in [4.78, 5) is 0. The standard InChI is InChI=1S/C14H17N3O/c1-10-2-4-11(5-3-10)8-17-14(12-6-7-12)13(9-18)15-16-17/h2-5,12,18H,6-9H2,1H3. The van der Waals surface area contributed by atoms with Crippen molar-refractivity contribution in [1.29, 1.82) is 0 Å². The van der Waals surface area contributed by atoms with E-state index < -0.39 is 0 Å². The topological polar surface area (TPSA) is 50.9 Å².